The zero-order valence-corrected chi connectivity index (χ0v) is 9.30. The molecule has 0 amide bonds. The molecule has 1 nitrogen and oxygen atoms in total. The van der Waals surface area contributed by atoms with Crippen molar-refractivity contribution in [2.45, 2.75) is 57.5 Å². The number of ether oxygens (including phenoxy) is 1. The molecule has 2 rings (SSSR count). The van der Waals surface area contributed by atoms with Crippen LogP contribution in [-0.2, 0) is 4.74 Å². The first kappa shape index (κ1) is 10.2. The van der Waals surface area contributed by atoms with Gasteiger partial charge in [-0.15, -0.1) is 0 Å². The Kier molecular flexibility index (Phi) is 3.27. The summed E-state index contributed by atoms with van der Waals surface area (Å²) < 4.78 is 6.08. The van der Waals surface area contributed by atoms with Gasteiger partial charge in [0.2, 0.25) is 0 Å². The summed E-state index contributed by atoms with van der Waals surface area (Å²) in [4.78, 5) is 0. The Labute approximate surface area is 87.5 Å². The minimum Gasteiger partial charge on any atom is -0.371 e. The molecule has 1 aliphatic heterocycles. The molecule has 2 unspecified atom stereocenters. The van der Waals surface area contributed by atoms with E-state index < -0.39 is 0 Å². The van der Waals surface area contributed by atoms with Gasteiger partial charge in [-0.05, 0) is 31.6 Å². The van der Waals surface area contributed by atoms with Crippen molar-refractivity contribution in [2.75, 3.05) is 6.61 Å². The normalized spacial score (nSPS) is 38.5. The van der Waals surface area contributed by atoms with E-state index in [4.69, 9.17) is 4.74 Å². The first-order valence-electron chi connectivity index (χ1n) is 6.14. The van der Waals surface area contributed by atoms with Gasteiger partial charge in [0, 0.05) is 0 Å². The van der Waals surface area contributed by atoms with Crippen LogP contribution in [0.15, 0.2) is 12.2 Å². The number of allylic oxidation sites excluding steroid dienone is 1. The molecule has 1 heteroatoms. The predicted molar refractivity (Wildman–Crippen MR) is 59.3 cm³/mol. The summed E-state index contributed by atoms with van der Waals surface area (Å²) in [6.07, 6.45) is 13.7. The van der Waals surface area contributed by atoms with Gasteiger partial charge in [-0.25, -0.2) is 0 Å². The van der Waals surface area contributed by atoms with Crippen LogP contribution in [0.1, 0.15) is 51.9 Å². The van der Waals surface area contributed by atoms with Gasteiger partial charge in [-0.1, -0.05) is 38.3 Å². The quantitative estimate of drug-likeness (QED) is 0.578. The first-order chi connectivity index (χ1) is 6.85. The maximum atomic E-state index is 6.08. The number of hydrogen-bond acceptors (Lipinski definition) is 1. The van der Waals surface area contributed by atoms with Gasteiger partial charge in [-0.3, -0.25) is 0 Å². The first-order valence-corrected chi connectivity index (χ1v) is 6.14. The van der Waals surface area contributed by atoms with Crippen molar-refractivity contribution in [3.05, 3.63) is 12.2 Å². The molecule has 2 atom stereocenters. The van der Waals surface area contributed by atoms with Gasteiger partial charge in [-0.2, -0.15) is 0 Å². The summed E-state index contributed by atoms with van der Waals surface area (Å²) >= 11 is 0. The molecule has 0 aromatic heterocycles. The lowest BCUT2D eigenvalue weighted by Crippen LogP contribution is -2.37. The highest BCUT2D eigenvalue weighted by atomic mass is 16.5. The molecule has 0 aromatic rings. The van der Waals surface area contributed by atoms with Crippen LogP contribution in [0.3, 0.4) is 0 Å². The van der Waals surface area contributed by atoms with E-state index in [2.05, 4.69) is 19.1 Å². The molecule has 0 radical (unpaired) electrons. The van der Waals surface area contributed by atoms with Crippen molar-refractivity contribution in [3.8, 4) is 0 Å². The fourth-order valence-corrected chi connectivity index (χ4v) is 2.98. The SMILES string of the molecule is CCC1CCCC2(CCC=CCO2)C1. The van der Waals surface area contributed by atoms with E-state index in [1.54, 1.807) is 0 Å². The van der Waals surface area contributed by atoms with E-state index in [0.29, 0.717) is 0 Å². The Morgan fingerprint density at radius 3 is 3.14 bits per heavy atom. The van der Waals surface area contributed by atoms with E-state index in [0.717, 1.165) is 12.5 Å². The fourth-order valence-electron chi connectivity index (χ4n) is 2.98. The Morgan fingerprint density at radius 1 is 1.36 bits per heavy atom. The maximum absolute atomic E-state index is 6.08. The van der Waals surface area contributed by atoms with Gasteiger partial charge in [0.1, 0.15) is 0 Å². The predicted octanol–water partition coefficient (Wildman–Crippen LogP) is 3.69. The van der Waals surface area contributed by atoms with Gasteiger partial charge < -0.3 is 4.74 Å². The molecule has 1 saturated carbocycles. The topological polar surface area (TPSA) is 9.23 Å². The minimum absolute atomic E-state index is 0.252. The molecule has 1 heterocycles. The van der Waals surface area contributed by atoms with Crippen molar-refractivity contribution < 1.29 is 4.74 Å². The van der Waals surface area contributed by atoms with Crippen LogP contribution in [0.4, 0.5) is 0 Å². The van der Waals surface area contributed by atoms with E-state index in [-0.39, 0.29) is 5.60 Å². The van der Waals surface area contributed by atoms with Gasteiger partial charge in [0.25, 0.3) is 0 Å². The van der Waals surface area contributed by atoms with E-state index in [9.17, 15) is 0 Å². The van der Waals surface area contributed by atoms with Crippen LogP contribution in [0.5, 0.6) is 0 Å². The monoisotopic (exact) mass is 194 g/mol. The summed E-state index contributed by atoms with van der Waals surface area (Å²) in [6.45, 7) is 3.16. The zero-order chi connectivity index (χ0) is 9.86. The third kappa shape index (κ3) is 2.20. The summed E-state index contributed by atoms with van der Waals surface area (Å²) in [7, 11) is 0. The molecule has 0 N–H and O–H groups in total. The Balaban J connectivity index is 1.99. The standard InChI is InChI=1S/C13H22O/c1-2-12-7-6-9-13(11-12)8-4-3-5-10-14-13/h3,5,12H,2,4,6-11H2,1H3. The lowest BCUT2D eigenvalue weighted by molar-refractivity contribution is -0.0739. The Hall–Kier alpha value is -0.300. The largest absolute Gasteiger partial charge is 0.371 e. The second-order valence-electron chi connectivity index (χ2n) is 4.87. The molecule has 1 aliphatic carbocycles. The average molecular weight is 194 g/mol. The zero-order valence-electron chi connectivity index (χ0n) is 9.30. The summed E-state index contributed by atoms with van der Waals surface area (Å²) in [5.74, 6) is 0.918. The smallest absolute Gasteiger partial charge is 0.0692 e. The highest BCUT2D eigenvalue weighted by molar-refractivity contribution is 4.95. The van der Waals surface area contributed by atoms with Crippen LogP contribution in [-0.4, -0.2) is 12.2 Å². The second-order valence-corrected chi connectivity index (χ2v) is 4.87. The molecular weight excluding hydrogens is 172 g/mol. The molecule has 1 spiro atoms. The van der Waals surface area contributed by atoms with Crippen molar-refractivity contribution in [1.82, 2.24) is 0 Å². The molecular formula is C13H22O. The summed E-state index contributed by atoms with van der Waals surface area (Å²) in [6, 6.07) is 0. The lowest BCUT2D eigenvalue weighted by Gasteiger charge is -2.40. The molecule has 80 valence electrons. The van der Waals surface area contributed by atoms with Gasteiger partial charge in [0.15, 0.2) is 0 Å². The molecule has 1 fully saturated rings. The highest BCUT2D eigenvalue weighted by Gasteiger charge is 2.36. The Morgan fingerprint density at radius 2 is 2.29 bits per heavy atom. The maximum Gasteiger partial charge on any atom is 0.0692 e. The summed E-state index contributed by atoms with van der Waals surface area (Å²) in [5.41, 5.74) is 0.252. The molecule has 0 saturated heterocycles. The van der Waals surface area contributed by atoms with Crippen LogP contribution >= 0.6 is 0 Å². The number of rotatable bonds is 1. The fraction of sp³-hybridized carbons (Fsp3) is 0.846. The minimum atomic E-state index is 0.252. The van der Waals surface area contributed by atoms with E-state index in [1.165, 1.54) is 44.9 Å². The van der Waals surface area contributed by atoms with Crippen LogP contribution in [0, 0.1) is 5.92 Å². The molecule has 0 bridgehead atoms. The average Bonchev–Trinajstić information content (AvgIpc) is 2.44. The second kappa shape index (κ2) is 4.48. The highest BCUT2D eigenvalue weighted by Crippen LogP contribution is 2.40. The lowest BCUT2D eigenvalue weighted by atomic mass is 9.75. The van der Waals surface area contributed by atoms with Crippen LogP contribution in [0.25, 0.3) is 0 Å². The van der Waals surface area contributed by atoms with Crippen molar-refractivity contribution >= 4 is 0 Å². The van der Waals surface area contributed by atoms with Crippen LogP contribution < -0.4 is 0 Å². The van der Waals surface area contributed by atoms with Crippen LogP contribution in [0.2, 0.25) is 0 Å². The van der Waals surface area contributed by atoms with Crippen molar-refractivity contribution in [3.63, 3.8) is 0 Å². The Bertz CT molecular complexity index is 197. The molecule has 14 heavy (non-hydrogen) atoms. The number of hydrogen-bond donors (Lipinski definition) is 0. The summed E-state index contributed by atoms with van der Waals surface area (Å²) in [5, 5.41) is 0. The molecule has 0 aromatic carbocycles. The molecule has 2 aliphatic rings. The van der Waals surface area contributed by atoms with E-state index >= 15 is 0 Å². The van der Waals surface area contributed by atoms with Crippen molar-refractivity contribution in [2.24, 2.45) is 5.92 Å². The van der Waals surface area contributed by atoms with E-state index in [1.807, 2.05) is 0 Å². The third-order valence-electron chi connectivity index (χ3n) is 3.90. The van der Waals surface area contributed by atoms with Crippen molar-refractivity contribution in [1.29, 1.82) is 0 Å². The van der Waals surface area contributed by atoms with Gasteiger partial charge >= 0.3 is 0 Å². The van der Waals surface area contributed by atoms with Gasteiger partial charge in [0.05, 0.1) is 12.2 Å². The third-order valence-corrected chi connectivity index (χ3v) is 3.90.